The Morgan fingerprint density at radius 2 is 0.952 bits per heavy atom. The van der Waals surface area contributed by atoms with Gasteiger partial charge in [0.25, 0.3) is 0 Å². The summed E-state index contributed by atoms with van der Waals surface area (Å²) in [6.45, 7) is 0. The van der Waals surface area contributed by atoms with E-state index >= 15 is 0 Å². The molecule has 0 aliphatic heterocycles. The van der Waals surface area contributed by atoms with E-state index < -0.39 is 0 Å². The number of rotatable bonds is 4. The van der Waals surface area contributed by atoms with Crippen LogP contribution in [-0.2, 0) is 0 Å². The molecule has 8 rings (SSSR count). The highest BCUT2D eigenvalue weighted by atomic mass is 32.2. The molecular formula is C37H21NO2S2. The molecule has 0 spiro atoms. The van der Waals surface area contributed by atoms with Gasteiger partial charge in [0.1, 0.15) is 5.69 Å². The molecule has 0 amide bonds. The monoisotopic (exact) mass is 575 g/mol. The third kappa shape index (κ3) is 3.97. The molecule has 7 aromatic rings. The topological polar surface area (TPSA) is 47.0 Å². The number of thioether (sulfide) groups is 2. The molecular weight excluding hydrogens is 555 g/mol. The Hall–Kier alpha value is -4.71. The van der Waals surface area contributed by atoms with Gasteiger partial charge in [-0.15, -0.1) is 0 Å². The predicted octanol–water partition coefficient (Wildman–Crippen LogP) is 9.87. The second kappa shape index (κ2) is 9.98. The van der Waals surface area contributed by atoms with Crippen molar-refractivity contribution in [2.75, 3.05) is 0 Å². The Kier molecular flexibility index (Phi) is 5.95. The SMILES string of the molecule is O=C1C(Sc2cccc3c2ccc2ccccc23)=C(Sc2cccc3c2ccc2ccccc23)C(=O)c2ncccc21. The minimum absolute atomic E-state index is 0.173. The molecule has 1 aromatic heterocycles. The number of ketones is 2. The lowest BCUT2D eigenvalue weighted by atomic mass is 9.99. The molecule has 0 bridgehead atoms. The van der Waals surface area contributed by atoms with Crippen molar-refractivity contribution < 1.29 is 9.59 Å². The Labute approximate surface area is 250 Å². The molecule has 0 atom stereocenters. The van der Waals surface area contributed by atoms with Crippen LogP contribution >= 0.6 is 23.5 Å². The number of allylic oxidation sites excluding steroid dienone is 2. The molecule has 3 nitrogen and oxygen atoms in total. The van der Waals surface area contributed by atoms with Gasteiger partial charge >= 0.3 is 0 Å². The summed E-state index contributed by atoms with van der Waals surface area (Å²) < 4.78 is 0. The zero-order valence-corrected chi connectivity index (χ0v) is 23.8. The molecule has 0 saturated heterocycles. The van der Waals surface area contributed by atoms with Crippen molar-refractivity contribution in [3.05, 3.63) is 149 Å². The molecule has 6 aromatic carbocycles. The van der Waals surface area contributed by atoms with Crippen LogP contribution in [0, 0.1) is 0 Å². The van der Waals surface area contributed by atoms with E-state index in [1.54, 1.807) is 18.3 Å². The number of hydrogen-bond acceptors (Lipinski definition) is 5. The van der Waals surface area contributed by atoms with Gasteiger partial charge in [0.2, 0.25) is 11.6 Å². The summed E-state index contributed by atoms with van der Waals surface area (Å²) in [7, 11) is 0. The van der Waals surface area contributed by atoms with Gasteiger partial charge in [-0.3, -0.25) is 14.6 Å². The quantitative estimate of drug-likeness (QED) is 0.196. The number of pyridine rings is 1. The smallest absolute Gasteiger partial charge is 0.220 e. The second-order valence-corrected chi connectivity index (χ2v) is 12.3. The maximum Gasteiger partial charge on any atom is 0.220 e. The van der Waals surface area contributed by atoms with E-state index in [0.717, 1.165) is 52.9 Å². The summed E-state index contributed by atoms with van der Waals surface area (Å²) >= 11 is 2.74. The van der Waals surface area contributed by atoms with Crippen LogP contribution in [0.3, 0.4) is 0 Å². The maximum absolute atomic E-state index is 14.1. The highest BCUT2D eigenvalue weighted by Gasteiger charge is 2.35. The van der Waals surface area contributed by atoms with Crippen molar-refractivity contribution in [2.45, 2.75) is 9.79 Å². The van der Waals surface area contributed by atoms with Crippen LogP contribution < -0.4 is 0 Å². The van der Waals surface area contributed by atoms with Crippen molar-refractivity contribution >= 4 is 78.2 Å². The van der Waals surface area contributed by atoms with Gasteiger partial charge in [0.15, 0.2) is 0 Å². The average molecular weight is 576 g/mol. The van der Waals surface area contributed by atoms with Crippen molar-refractivity contribution in [3.63, 3.8) is 0 Å². The molecule has 1 aliphatic rings. The number of nitrogens with zero attached hydrogens (tertiary/aromatic N) is 1. The minimum atomic E-state index is -0.221. The Morgan fingerprint density at radius 3 is 1.55 bits per heavy atom. The first kappa shape index (κ1) is 25.0. The van der Waals surface area contributed by atoms with E-state index in [2.05, 4.69) is 65.6 Å². The van der Waals surface area contributed by atoms with Crippen LogP contribution in [0.15, 0.2) is 147 Å². The highest BCUT2D eigenvalue weighted by Crippen LogP contribution is 2.46. The summed E-state index contributed by atoms with van der Waals surface area (Å²) in [5, 5.41) is 8.95. The van der Waals surface area contributed by atoms with Gasteiger partial charge in [-0.25, -0.2) is 0 Å². The Morgan fingerprint density at radius 1 is 0.429 bits per heavy atom. The largest absolute Gasteiger partial charge is 0.288 e. The first-order valence-electron chi connectivity index (χ1n) is 13.6. The van der Waals surface area contributed by atoms with Gasteiger partial charge in [0, 0.05) is 16.0 Å². The van der Waals surface area contributed by atoms with Gasteiger partial charge in [-0.05, 0) is 67.4 Å². The number of carbonyl (C=O) groups is 2. The van der Waals surface area contributed by atoms with Crippen LogP contribution in [0.1, 0.15) is 20.8 Å². The van der Waals surface area contributed by atoms with Crippen LogP contribution in [-0.4, -0.2) is 16.6 Å². The number of hydrogen-bond donors (Lipinski definition) is 0. The van der Waals surface area contributed by atoms with E-state index in [1.807, 2.05) is 48.5 Å². The number of Topliss-reactive ketones (excluding diaryl/α,β-unsaturated/α-hetero) is 2. The lowest BCUT2D eigenvalue weighted by Crippen LogP contribution is -2.21. The van der Waals surface area contributed by atoms with Crippen LogP contribution in [0.2, 0.25) is 0 Å². The van der Waals surface area contributed by atoms with Crippen LogP contribution in [0.25, 0.3) is 43.1 Å². The lowest BCUT2D eigenvalue weighted by molar-refractivity contribution is 0.0984. The van der Waals surface area contributed by atoms with E-state index in [4.69, 9.17) is 0 Å². The van der Waals surface area contributed by atoms with Crippen LogP contribution in [0.5, 0.6) is 0 Å². The van der Waals surface area contributed by atoms with E-state index in [9.17, 15) is 9.59 Å². The summed E-state index contributed by atoms with van der Waals surface area (Å²) in [5.41, 5.74) is 0.563. The van der Waals surface area contributed by atoms with Gasteiger partial charge in [0.05, 0.1) is 15.4 Å². The van der Waals surface area contributed by atoms with Crippen LogP contribution in [0.4, 0.5) is 0 Å². The molecule has 0 fully saturated rings. The molecule has 5 heteroatoms. The first-order chi connectivity index (χ1) is 20.7. The van der Waals surface area contributed by atoms with Gasteiger partial charge in [-0.2, -0.15) is 0 Å². The summed E-state index contributed by atoms with van der Waals surface area (Å²) in [6.07, 6.45) is 1.57. The van der Waals surface area contributed by atoms with Gasteiger partial charge in [-0.1, -0.05) is 121 Å². The molecule has 0 N–H and O–H groups in total. The van der Waals surface area contributed by atoms with Crippen molar-refractivity contribution in [1.82, 2.24) is 4.98 Å². The summed E-state index contributed by atoms with van der Waals surface area (Å²) in [4.78, 5) is 35.2. The fourth-order valence-corrected chi connectivity index (χ4v) is 8.13. The maximum atomic E-state index is 14.1. The number of fused-ring (bicyclic) bond motifs is 7. The van der Waals surface area contributed by atoms with Gasteiger partial charge < -0.3 is 0 Å². The second-order valence-electron chi connectivity index (χ2n) is 10.2. The number of aromatic nitrogens is 1. The molecule has 1 heterocycles. The van der Waals surface area contributed by atoms with E-state index in [-0.39, 0.29) is 17.3 Å². The molecule has 0 unspecified atom stereocenters. The number of carbonyl (C=O) groups excluding carboxylic acids is 2. The Balaban J connectivity index is 1.32. The predicted molar refractivity (Wildman–Crippen MR) is 175 cm³/mol. The summed E-state index contributed by atoms with van der Waals surface area (Å²) in [6, 6.07) is 40.7. The standard InChI is InChI=1S/C37H21NO2S2/c39-34-30-14-7-21-38-33(30)35(40)37(42-32-16-6-13-27-25-11-4-2-9-23(25)18-20-29(27)32)36(34)41-31-15-5-12-26-24-10-3-1-8-22(24)17-19-28(26)31/h1-21H. The third-order valence-electron chi connectivity index (χ3n) is 7.80. The van der Waals surface area contributed by atoms with Crippen molar-refractivity contribution in [1.29, 1.82) is 0 Å². The average Bonchev–Trinajstić information content (AvgIpc) is 3.05. The fourth-order valence-electron chi connectivity index (χ4n) is 5.81. The lowest BCUT2D eigenvalue weighted by Gasteiger charge is -2.20. The summed E-state index contributed by atoms with van der Waals surface area (Å²) in [5.74, 6) is -0.394. The molecule has 0 radical (unpaired) electrons. The molecule has 0 saturated carbocycles. The van der Waals surface area contributed by atoms with E-state index in [1.165, 1.54) is 23.5 Å². The van der Waals surface area contributed by atoms with Crippen molar-refractivity contribution in [3.8, 4) is 0 Å². The third-order valence-corrected chi connectivity index (χ3v) is 10.3. The normalized spacial score (nSPS) is 13.4. The van der Waals surface area contributed by atoms with Crippen molar-refractivity contribution in [2.24, 2.45) is 0 Å². The first-order valence-corrected chi connectivity index (χ1v) is 15.3. The zero-order valence-electron chi connectivity index (χ0n) is 22.2. The molecule has 198 valence electrons. The highest BCUT2D eigenvalue weighted by molar-refractivity contribution is 8.08. The number of benzene rings is 6. The Bertz CT molecular complexity index is 2140. The molecule has 1 aliphatic carbocycles. The van der Waals surface area contributed by atoms with E-state index in [0.29, 0.717) is 15.4 Å². The zero-order chi connectivity index (χ0) is 28.2. The fraction of sp³-hybridized carbons (Fsp3) is 0. The minimum Gasteiger partial charge on any atom is -0.288 e. The molecule has 42 heavy (non-hydrogen) atoms.